The van der Waals surface area contributed by atoms with Crippen molar-refractivity contribution in [1.29, 1.82) is 0 Å². The molecule has 3 N–H and O–H groups in total. The van der Waals surface area contributed by atoms with Gasteiger partial charge in [0, 0.05) is 31.0 Å². The molecule has 1 atom stereocenters. The number of nitrogens with one attached hydrogen (secondary N) is 3. The highest BCUT2D eigenvalue weighted by atomic mass is 16.1. The van der Waals surface area contributed by atoms with E-state index in [9.17, 15) is 4.79 Å². The summed E-state index contributed by atoms with van der Waals surface area (Å²) in [5, 5.41) is 9.65. The lowest BCUT2D eigenvalue weighted by Gasteiger charge is -2.18. The first-order chi connectivity index (χ1) is 9.29. The largest absolute Gasteiger partial charge is 0.381 e. The second-order valence-electron chi connectivity index (χ2n) is 4.83. The number of aromatic nitrogens is 1. The van der Waals surface area contributed by atoms with Crippen LogP contribution in [-0.4, -0.2) is 36.6 Å². The fraction of sp³-hybridized carbons (Fsp3) is 0.571. The number of carbonyl (C=O) groups excluding carboxylic acids is 1. The molecular weight excluding hydrogens is 240 g/mol. The molecule has 0 bridgehead atoms. The number of nitrogens with zero attached hydrogens (tertiary/aromatic N) is 1. The van der Waals surface area contributed by atoms with E-state index in [1.54, 1.807) is 6.20 Å². The molecule has 1 aromatic rings. The van der Waals surface area contributed by atoms with Crippen LogP contribution in [0.4, 0.5) is 5.69 Å². The number of hydrogen-bond donors (Lipinski definition) is 3. The van der Waals surface area contributed by atoms with Gasteiger partial charge in [0.05, 0.1) is 0 Å². The SMILES string of the molecule is CCNC(=O)c1cc(NC2CCCCNC2)ccn1. The molecule has 1 aliphatic heterocycles. The summed E-state index contributed by atoms with van der Waals surface area (Å²) in [4.78, 5) is 15.8. The van der Waals surface area contributed by atoms with Crippen molar-refractivity contribution in [3.05, 3.63) is 24.0 Å². The first kappa shape index (κ1) is 13.8. The van der Waals surface area contributed by atoms with Gasteiger partial charge in [0.1, 0.15) is 5.69 Å². The van der Waals surface area contributed by atoms with Crippen LogP contribution in [0.3, 0.4) is 0 Å². The van der Waals surface area contributed by atoms with E-state index in [1.807, 2.05) is 19.1 Å². The molecule has 1 fully saturated rings. The van der Waals surface area contributed by atoms with Crippen molar-refractivity contribution in [3.63, 3.8) is 0 Å². The number of rotatable bonds is 4. The van der Waals surface area contributed by atoms with E-state index in [0.29, 0.717) is 18.3 Å². The Bertz CT molecular complexity index is 414. The number of hydrogen-bond acceptors (Lipinski definition) is 4. The summed E-state index contributed by atoms with van der Waals surface area (Å²) in [5.41, 5.74) is 1.43. The second kappa shape index (κ2) is 7.09. The molecular formula is C14H22N4O. The zero-order valence-corrected chi connectivity index (χ0v) is 11.4. The number of carbonyl (C=O) groups is 1. The number of anilines is 1. The van der Waals surface area contributed by atoms with Gasteiger partial charge < -0.3 is 16.0 Å². The van der Waals surface area contributed by atoms with Crippen LogP contribution in [0.1, 0.15) is 36.7 Å². The lowest BCUT2D eigenvalue weighted by molar-refractivity contribution is 0.0951. The monoisotopic (exact) mass is 262 g/mol. The van der Waals surface area contributed by atoms with E-state index in [4.69, 9.17) is 0 Å². The maximum Gasteiger partial charge on any atom is 0.269 e. The highest BCUT2D eigenvalue weighted by Gasteiger charge is 2.12. The average Bonchev–Trinajstić information content (AvgIpc) is 2.68. The molecule has 0 aromatic carbocycles. The van der Waals surface area contributed by atoms with E-state index in [1.165, 1.54) is 12.8 Å². The fourth-order valence-corrected chi connectivity index (χ4v) is 2.27. The van der Waals surface area contributed by atoms with Crippen LogP contribution in [-0.2, 0) is 0 Å². The lowest BCUT2D eigenvalue weighted by Crippen LogP contribution is -2.31. The number of amides is 1. The minimum atomic E-state index is -0.120. The third kappa shape index (κ3) is 4.21. The van der Waals surface area contributed by atoms with E-state index < -0.39 is 0 Å². The Balaban J connectivity index is 1.99. The smallest absolute Gasteiger partial charge is 0.269 e. The summed E-state index contributed by atoms with van der Waals surface area (Å²) in [7, 11) is 0. The van der Waals surface area contributed by atoms with Crippen LogP contribution in [0.25, 0.3) is 0 Å². The molecule has 104 valence electrons. The van der Waals surface area contributed by atoms with Gasteiger partial charge in [-0.05, 0) is 38.4 Å². The van der Waals surface area contributed by atoms with Gasteiger partial charge in [-0.3, -0.25) is 9.78 Å². The van der Waals surface area contributed by atoms with Crippen LogP contribution in [0.2, 0.25) is 0 Å². The molecule has 1 amide bonds. The van der Waals surface area contributed by atoms with Gasteiger partial charge >= 0.3 is 0 Å². The van der Waals surface area contributed by atoms with Crippen LogP contribution < -0.4 is 16.0 Å². The minimum absolute atomic E-state index is 0.120. The van der Waals surface area contributed by atoms with E-state index in [-0.39, 0.29) is 5.91 Å². The highest BCUT2D eigenvalue weighted by molar-refractivity contribution is 5.93. The number of pyridine rings is 1. The van der Waals surface area contributed by atoms with E-state index in [0.717, 1.165) is 25.2 Å². The molecule has 1 unspecified atom stereocenters. The van der Waals surface area contributed by atoms with Crippen molar-refractivity contribution in [2.75, 3.05) is 25.0 Å². The van der Waals surface area contributed by atoms with Gasteiger partial charge in [-0.1, -0.05) is 6.42 Å². The van der Waals surface area contributed by atoms with Gasteiger partial charge in [0.2, 0.25) is 0 Å². The van der Waals surface area contributed by atoms with Crippen molar-refractivity contribution >= 4 is 11.6 Å². The van der Waals surface area contributed by atoms with Crippen LogP contribution in [0, 0.1) is 0 Å². The third-order valence-electron chi connectivity index (χ3n) is 3.25. The van der Waals surface area contributed by atoms with Crippen molar-refractivity contribution in [2.24, 2.45) is 0 Å². The molecule has 2 heterocycles. The zero-order valence-electron chi connectivity index (χ0n) is 11.4. The van der Waals surface area contributed by atoms with E-state index in [2.05, 4.69) is 20.9 Å². The lowest BCUT2D eigenvalue weighted by atomic mass is 10.1. The second-order valence-corrected chi connectivity index (χ2v) is 4.83. The Morgan fingerprint density at radius 1 is 1.53 bits per heavy atom. The molecule has 5 heteroatoms. The zero-order chi connectivity index (χ0) is 13.5. The van der Waals surface area contributed by atoms with Crippen molar-refractivity contribution in [3.8, 4) is 0 Å². The van der Waals surface area contributed by atoms with E-state index >= 15 is 0 Å². The molecule has 0 saturated carbocycles. The molecule has 5 nitrogen and oxygen atoms in total. The normalized spacial score (nSPS) is 19.5. The highest BCUT2D eigenvalue weighted by Crippen LogP contribution is 2.13. The van der Waals surface area contributed by atoms with Crippen molar-refractivity contribution < 1.29 is 4.79 Å². The molecule has 0 aliphatic carbocycles. The van der Waals surface area contributed by atoms with Crippen LogP contribution in [0.5, 0.6) is 0 Å². The first-order valence-corrected chi connectivity index (χ1v) is 7.01. The topological polar surface area (TPSA) is 66.1 Å². The quantitative estimate of drug-likeness (QED) is 0.767. The Kier molecular flexibility index (Phi) is 5.15. The summed E-state index contributed by atoms with van der Waals surface area (Å²) in [5.74, 6) is -0.120. The van der Waals surface area contributed by atoms with Gasteiger partial charge in [-0.15, -0.1) is 0 Å². The molecule has 19 heavy (non-hydrogen) atoms. The Hall–Kier alpha value is -1.62. The minimum Gasteiger partial charge on any atom is -0.381 e. The predicted molar refractivity (Wildman–Crippen MR) is 76.4 cm³/mol. The van der Waals surface area contributed by atoms with Gasteiger partial charge in [0.15, 0.2) is 0 Å². The summed E-state index contributed by atoms with van der Waals surface area (Å²) in [6.07, 6.45) is 5.31. The molecule has 1 aliphatic rings. The Morgan fingerprint density at radius 3 is 3.26 bits per heavy atom. The van der Waals surface area contributed by atoms with Gasteiger partial charge in [-0.25, -0.2) is 0 Å². The maximum atomic E-state index is 11.7. The van der Waals surface area contributed by atoms with Crippen molar-refractivity contribution in [2.45, 2.75) is 32.2 Å². The predicted octanol–water partition coefficient (Wildman–Crippen LogP) is 1.39. The standard InChI is InChI=1S/C14H22N4O/c1-2-16-14(19)13-9-11(6-8-17-13)18-12-5-3-4-7-15-10-12/h6,8-9,12,15H,2-5,7,10H2,1H3,(H,16,19)(H,17,18). The molecule has 1 saturated heterocycles. The maximum absolute atomic E-state index is 11.7. The van der Waals surface area contributed by atoms with Crippen LogP contribution in [0.15, 0.2) is 18.3 Å². The molecule has 1 aromatic heterocycles. The van der Waals surface area contributed by atoms with Gasteiger partial charge in [-0.2, -0.15) is 0 Å². The Morgan fingerprint density at radius 2 is 2.42 bits per heavy atom. The summed E-state index contributed by atoms with van der Waals surface area (Å²) in [6, 6.07) is 4.15. The Labute approximate surface area is 114 Å². The van der Waals surface area contributed by atoms with Gasteiger partial charge in [0.25, 0.3) is 5.91 Å². The molecule has 0 spiro atoms. The third-order valence-corrected chi connectivity index (χ3v) is 3.25. The summed E-state index contributed by atoms with van der Waals surface area (Å²) < 4.78 is 0. The first-order valence-electron chi connectivity index (χ1n) is 7.01. The molecule has 2 rings (SSSR count). The molecule has 0 radical (unpaired) electrons. The fourth-order valence-electron chi connectivity index (χ4n) is 2.27. The summed E-state index contributed by atoms with van der Waals surface area (Å²) >= 11 is 0. The van der Waals surface area contributed by atoms with Crippen LogP contribution >= 0.6 is 0 Å². The van der Waals surface area contributed by atoms with Crippen molar-refractivity contribution in [1.82, 2.24) is 15.6 Å². The summed E-state index contributed by atoms with van der Waals surface area (Å²) in [6.45, 7) is 4.58. The average molecular weight is 262 g/mol.